The molecule has 13 nitrogen and oxygen atoms in total. The summed E-state index contributed by atoms with van der Waals surface area (Å²) in [6.07, 6.45) is 4.70. The van der Waals surface area contributed by atoms with E-state index in [4.69, 9.17) is 15.1 Å². The Balaban J connectivity index is 1.57. The highest BCUT2D eigenvalue weighted by atomic mass is 16.6. The van der Waals surface area contributed by atoms with Gasteiger partial charge in [0, 0.05) is 12.6 Å². The molecule has 1 saturated heterocycles. The van der Waals surface area contributed by atoms with Gasteiger partial charge in [-0.2, -0.15) is 9.78 Å². The van der Waals surface area contributed by atoms with Crippen molar-refractivity contribution in [2.24, 2.45) is 5.10 Å². The summed E-state index contributed by atoms with van der Waals surface area (Å²) in [6.45, 7) is 3.45. The predicted molar refractivity (Wildman–Crippen MR) is 117 cm³/mol. The van der Waals surface area contributed by atoms with E-state index in [1.807, 2.05) is 0 Å². The number of benzene rings is 1. The maximum atomic E-state index is 12.9. The number of hydrogen-bond acceptors (Lipinski definition) is 11. The number of phenols is 1. The molecule has 174 valence electrons. The van der Waals surface area contributed by atoms with Gasteiger partial charge in [0.1, 0.15) is 0 Å². The minimum atomic E-state index is -0.551. The molecule has 1 amide bonds. The molecule has 0 spiro atoms. The number of carbonyl (C=O) groups excluding carboxylic acids is 1. The number of ether oxygens (including phenoxy) is 1. The van der Waals surface area contributed by atoms with Crippen LogP contribution < -0.4 is 15.9 Å². The Morgan fingerprint density at radius 3 is 2.97 bits per heavy atom. The molecular weight excluding hydrogens is 430 g/mol. The number of nitrogens with one attached hydrogen (secondary N) is 1. The SMILES string of the molecule is COc1ccc(/C=N\NC(=O)c2nnn(-c3nonc3N)c2CN2CCCCC2C)cc1O. The van der Waals surface area contributed by atoms with Gasteiger partial charge in [-0.3, -0.25) is 9.69 Å². The Hall–Kier alpha value is -4.00. The molecule has 0 bridgehead atoms. The highest BCUT2D eigenvalue weighted by molar-refractivity contribution is 5.94. The zero-order valence-electron chi connectivity index (χ0n) is 18.3. The first kappa shape index (κ1) is 22.2. The number of methoxy groups -OCH3 is 1. The third-order valence-corrected chi connectivity index (χ3v) is 5.55. The third kappa shape index (κ3) is 4.77. The van der Waals surface area contributed by atoms with E-state index in [2.05, 4.69) is 43.0 Å². The lowest BCUT2D eigenvalue weighted by Crippen LogP contribution is -2.38. The van der Waals surface area contributed by atoms with Gasteiger partial charge in [0.15, 0.2) is 17.2 Å². The third-order valence-electron chi connectivity index (χ3n) is 5.55. The van der Waals surface area contributed by atoms with Crippen LogP contribution >= 0.6 is 0 Å². The van der Waals surface area contributed by atoms with E-state index in [1.54, 1.807) is 12.1 Å². The van der Waals surface area contributed by atoms with Gasteiger partial charge >= 0.3 is 0 Å². The van der Waals surface area contributed by atoms with Crippen molar-refractivity contribution in [2.45, 2.75) is 38.8 Å². The van der Waals surface area contributed by atoms with Gasteiger partial charge in [-0.1, -0.05) is 11.6 Å². The van der Waals surface area contributed by atoms with Gasteiger partial charge in [-0.05, 0) is 60.4 Å². The molecule has 1 aliphatic rings. The van der Waals surface area contributed by atoms with Crippen LogP contribution in [-0.4, -0.2) is 67.1 Å². The number of nitrogens with two attached hydrogens (primary N) is 1. The lowest BCUT2D eigenvalue weighted by molar-refractivity contribution is 0.0945. The molecule has 1 aromatic carbocycles. The second-order valence-electron chi connectivity index (χ2n) is 7.72. The summed E-state index contributed by atoms with van der Waals surface area (Å²) >= 11 is 0. The molecule has 0 aliphatic carbocycles. The highest BCUT2D eigenvalue weighted by Crippen LogP contribution is 2.25. The molecule has 4 N–H and O–H groups in total. The monoisotopic (exact) mass is 455 g/mol. The van der Waals surface area contributed by atoms with E-state index in [1.165, 1.54) is 24.1 Å². The van der Waals surface area contributed by atoms with E-state index in [0.29, 0.717) is 29.6 Å². The van der Waals surface area contributed by atoms with E-state index in [0.717, 1.165) is 25.8 Å². The van der Waals surface area contributed by atoms with Crippen LogP contribution in [0.25, 0.3) is 5.82 Å². The quantitative estimate of drug-likeness (QED) is 0.346. The van der Waals surface area contributed by atoms with Gasteiger partial charge in [0.05, 0.1) is 19.0 Å². The van der Waals surface area contributed by atoms with Crippen molar-refractivity contribution < 1.29 is 19.3 Å². The number of hydrazone groups is 1. The minimum Gasteiger partial charge on any atom is -0.504 e. The Labute approximate surface area is 189 Å². The molecule has 4 rings (SSSR count). The molecule has 33 heavy (non-hydrogen) atoms. The Kier molecular flexibility index (Phi) is 6.49. The van der Waals surface area contributed by atoms with E-state index in [9.17, 15) is 9.90 Å². The largest absolute Gasteiger partial charge is 0.504 e. The Bertz CT molecular complexity index is 1160. The maximum Gasteiger partial charge on any atom is 0.293 e. The summed E-state index contributed by atoms with van der Waals surface area (Å²) in [5, 5.41) is 29.3. The average molecular weight is 455 g/mol. The summed E-state index contributed by atoms with van der Waals surface area (Å²) < 4.78 is 11.1. The molecule has 3 heterocycles. The van der Waals surface area contributed by atoms with E-state index in [-0.39, 0.29) is 23.1 Å². The van der Waals surface area contributed by atoms with Crippen LogP contribution in [0, 0.1) is 0 Å². The number of nitrogen functional groups attached to an aromatic ring is 1. The number of aromatic nitrogens is 5. The molecule has 2 aromatic heterocycles. The number of phenolic OH excluding ortho intramolecular Hbond substituents is 1. The predicted octanol–water partition coefficient (Wildman–Crippen LogP) is 1.08. The van der Waals surface area contributed by atoms with Crippen molar-refractivity contribution in [2.75, 3.05) is 19.4 Å². The molecule has 0 radical (unpaired) electrons. The van der Waals surface area contributed by atoms with Crippen LogP contribution in [0.2, 0.25) is 0 Å². The fraction of sp³-hybridized carbons (Fsp3) is 0.400. The van der Waals surface area contributed by atoms with Crippen LogP contribution in [0.15, 0.2) is 27.9 Å². The van der Waals surface area contributed by atoms with Crippen LogP contribution in [0.5, 0.6) is 11.5 Å². The number of likely N-dealkylation sites (tertiary alicyclic amines) is 1. The standard InChI is InChI=1S/C20H25N9O4/c1-12-5-3-4-8-28(12)11-14-17(23-27-29(14)19-18(21)25-33-26-19)20(31)24-22-10-13-6-7-16(32-2)15(30)9-13/h6-7,9-10,12,30H,3-5,8,11H2,1-2H3,(H2,21,25)(H,24,31)/b22-10-. The molecule has 1 unspecified atom stereocenters. The van der Waals surface area contributed by atoms with Crippen LogP contribution in [0.1, 0.15) is 47.9 Å². The van der Waals surface area contributed by atoms with E-state index >= 15 is 0 Å². The topological polar surface area (TPSA) is 170 Å². The normalized spacial score (nSPS) is 16.8. The van der Waals surface area contributed by atoms with Crippen molar-refractivity contribution in [1.82, 2.24) is 35.6 Å². The Morgan fingerprint density at radius 1 is 1.42 bits per heavy atom. The van der Waals surface area contributed by atoms with Gasteiger partial charge in [-0.15, -0.1) is 5.10 Å². The molecule has 1 atom stereocenters. The van der Waals surface area contributed by atoms with Gasteiger partial charge in [0.2, 0.25) is 11.6 Å². The molecule has 1 aliphatic heterocycles. The summed E-state index contributed by atoms with van der Waals surface area (Å²) in [6, 6.07) is 5.09. The van der Waals surface area contributed by atoms with Gasteiger partial charge in [0.25, 0.3) is 5.91 Å². The van der Waals surface area contributed by atoms with Gasteiger partial charge < -0.3 is 15.6 Å². The summed E-state index contributed by atoms with van der Waals surface area (Å²) in [5.74, 6) is -0.0426. The highest BCUT2D eigenvalue weighted by Gasteiger charge is 2.28. The number of rotatable bonds is 7. The lowest BCUT2D eigenvalue weighted by Gasteiger charge is -2.33. The first-order valence-corrected chi connectivity index (χ1v) is 10.5. The van der Waals surface area contributed by atoms with Crippen molar-refractivity contribution in [3.63, 3.8) is 0 Å². The number of anilines is 1. The molecule has 0 saturated carbocycles. The van der Waals surface area contributed by atoms with Crippen molar-refractivity contribution in [3.05, 3.63) is 35.2 Å². The van der Waals surface area contributed by atoms with Crippen LogP contribution in [-0.2, 0) is 6.54 Å². The number of piperidine rings is 1. The van der Waals surface area contributed by atoms with Crippen LogP contribution in [0.3, 0.4) is 0 Å². The smallest absolute Gasteiger partial charge is 0.293 e. The molecule has 3 aromatic rings. The fourth-order valence-corrected chi connectivity index (χ4v) is 3.72. The second kappa shape index (κ2) is 9.65. The first-order chi connectivity index (χ1) is 16.0. The van der Waals surface area contributed by atoms with E-state index < -0.39 is 5.91 Å². The summed E-state index contributed by atoms with van der Waals surface area (Å²) in [4.78, 5) is 15.1. The number of aromatic hydroxyl groups is 1. The first-order valence-electron chi connectivity index (χ1n) is 10.5. The maximum absolute atomic E-state index is 12.9. The number of hydrogen-bond donors (Lipinski definition) is 3. The zero-order valence-corrected chi connectivity index (χ0v) is 18.3. The zero-order chi connectivity index (χ0) is 23.4. The van der Waals surface area contributed by atoms with Crippen LogP contribution in [0.4, 0.5) is 5.82 Å². The molecule has 13 heteroatoms. The minimum absolute atomic E-state index is 0.0348. The fourth-order valence-electron chi connectivity index (χ4n) is 3.72. The molecule has 1 fully saturated rings. The lowest BCUT2D eigenvalue weighted by atomic mass is 10.0. The van der Waals surface area contributed by atoms with Crippen molar-refractivity contribution in [1.29, 1.82) is 0 Å². The number of amides is 1. The summed E-state index contributed by atoms with van der Waals surface area (Å²) in [5.41, 5.74) is 9.45. The summed E-state index contributed by atoms with van der Waals surface area (Å²) in [7, 11) is 1.46. The van der Waals surface area contributed by atoms with Crippen molar-refractivity contribution >= 4 is 17.9 Å². The second-order valence-corrected chi connectivity index (χ2v) is 7.72. The van der Waals surface area contributed by atoms with Gasteiger partial charge in [-0.25, -0.2) is 10.1 Å². The van der Waals surface area contributed by atoms with Crippen molar-refractivity contribution in [3.8, 4) is 17.3 Å². The number of carbonyl (C=O) groups is 1. The number of nitrogens with zero attached hydrogens (tertiary/aromatic N) is 7. The Morgan fingerprint density at radius 2 is 2.27 bits per heavy atom. The average Bonchev–Trinajstić information content (AvgIpc) is 3.41. The molecular formula is C20H25N9O4.